The molecule has 0 unspecified atom stereocenters. The number of rotatable bonds is 3. The van der Waals surface area contributed by atoms with Gasteiger partial charge in [-0.25, -0.2) is 4.98 Å². The molecule has 5 nitrogen and oxygen atoms in total. The van der Waals surface area contributed by atoms with E-state index in [1.165, 1.54) is 0 Å². The van der Waals surface area contributed by atoms with Crippen LogP contribution in [0, 0.1) is 0 Å². The van der Waals surface area contributed by atoms with Gasteiger partial charge in [-0.2, -0.15) is 5.10 Å². The molecule has 1 aliphatic heterocycles. The monoisotopic (exact) mass is 226 g/mol. The van der Waals surface area contributed by atoms with Crippen LogP contribution in [0.3, 0.4) is 0 Å². The van der Waals surface area contributed by atoms with E-state index in [0.717, 1.165) is 16.6 Å². The second kappa shape index (κ2) is 3.86. The fourth-order valence-corrected chi connectivity index (χ4v) is 2.23. The molecule has 0 amide bonds. The Morgan fingerprint density at radius 2 is 2.40 bits per heavy atom. The summed E-state index contributed by atoms with van der Waals surface area (Å²) in [6, 6.07) is 0. The number of aromatic nitrogens is 3. The minimum atomic E-state index is -0.220. The molecule has 0 radical (unpaired) electrons. The molecule has 1 aliphatic rings. The van der Waals surface area contributed by atoms with E-state index in [2.05, 4.69) is 21.6 Å². The van der Waals surface area contributed by atoms with Crippen LogP contribution in [0.25, 0.3) is 0 Å². The van der Waals surface area contributed by atoms with Crippen molar-refractivity contribution in [2.45, 2.75) is 25.2 Å². The second-order valence-corrected chi connectivity index (χ2v) is 4.92. The van der Waals surface area contributed by atoms with Gasteiger partial charge in [0.15, 0.2) is 0 Å². The van der Waals surface area contributed by atoms with Gasteiger partial charge in [0.25, 0.3) is 0 Å². The van der Waals surface area contributed by atoms with Gasteiger partial charge in [0.2, 0.25) is 0 Å². The Labute approximate surface area is 92.9 Å². The smallest absolute Gasteiger partial charge is 0.138 e. The number of aryl methyl sites for hydroxylation is 1. The summed E-state index contributed by atoms with van der Waals surface area (Å²) in [6.07, 6.45) is 3.63. The molecule has 6 heteroatoms. The lowest BCUT2D eigenvalue weighted by atomic mass is 10.1. The Morgan fingerprint density at radius 3 is 2.93 bits per heavy atom. The van der Waals surface area contributed by atoms with Crippen LogP contribution in [0.4, 0.5) is 0 Å². The summed E-state index contributed by atoms with van der Waals surface area (Å²) < 4.78 is 1.77. The molecule has 0 aromatic carbocycles. The first kappa shape index (κ1) is 10.5. The predicted molar refractivity (Wildman–Crippen MR) is 58.7 cm³/mol. The Balaban J connectivity index is 1.93. The van der Waals surface area contributed by atoms with Crippen LogP contribution in [0.1, 0.15) is 19.7 Å². The van der Waals surface area contributed by atoms with Crippen molar-refractivity contribution >= 4 is 11.8 Å². The number of thioether (sulfide) groups is 1. The summed E-state index contributed by atoms with van der Waals surface area (Å²) in [7, 11) is 1.89. The summed E-state index contributed by atoms with van der Waals surface area (Å²) >= 11 is 1.66. The van der Waals surface area contributed by atoms with Crippen LogP contribution < -0.4 is 5.48 Å². The predicted octanol–water partition coefficient (Wildman–Crippen LogP) is 1.20. The third kappa shape index (κ3) is 2.51. The summed E-state index contributed by atoms with van der Waals surface area (Å²) in [6.45, 7) is 4.02. The van der Waals surface area contributed by atoms with Crippen molar-refractivity contribution in [1.29, 1.82) is 0 Å². The second-order valence-electron chi connectivity index (χ2n) is 3.90. The highest BCUT2D eigenvalue weighted by molar-refractivity contribution is 8.02. The van der Waals surface area contributed by atoms with Gasteiger partial charge in [-0.15, -0.1) is 0 Å². The Bertz CT molecular complexity index is 385. The van der Waals surface area contributed by atoms with E-state index in [9.17, 15) is 0 Å². The lowest BCUT2D eigenvalue weighted by Crippen LogP contribution is -2.20. The third-order valence-electron chi connectivity index (χ3n) is 2.06. The molecule has 2 rings (SSSR count). The summed E-state index contributed by atoms with van der Waals surface area (Å²) in [5.74, 6) is 1.74. The number of hydrogen-bond acceptors (Lipinski definition) is 5. The minimum Gasteiger partial charge on any atom is -0.265 e. The molecule has 0 saturated carbocycles. The zero-order valence-electron chi connectivity index (χ0n) is 9.02. The van der Waals surface area contributed by atoms with E-state index in [1.54, 1.807) is 22.8 Å². The molecule has 0 bridgehead atoms. The molecule has 0 fully saturated rings. The molecule has 1 aromatic rings. The molecule has 82 valence electrons. The molecule has 0 saturated heterocycles. The molecule has 1 N–H and O–H groups in total. The maximum absolute atomic E-state index is 5.35. The van der Waals surface area contributed by atoms with Gasteiger partial charge in [0, 0.05) is 7.05 Å². The van der Waals surface area contributed by atoms with E-state index in [-0.39, 0.29) is 5.60 Å². The van der Waals surface area contributed by atoms with Crippen molar-refractivity contribution in [1.82, 2.24) is 20.2 Å². The van der Waals surface area contributed by atoms with Crippen LogP contribution in [-0.4, -0.2) is 20.4 Å². The van der Waals surface area contributed by atoms with E-state index >= 15 is 0 Å². The van der Waals surface area contributed by atoms with Gasteiger partial charge in [-0.05, 0) is 19.9 Å². The Hall–Kier alpha value is -1.01. The van der Waals surface area contributed by atoms with Gasteiger partial charge in [-0.3, -0.25) is 15.0 Å². The van der Waals surface area contributed by atoms with Crippen molar-refractivity contribution in [3.05, 3.63) is 23.3 Å². The highest BCUT2D eigenvalue weighted by Crippen LogP contribution is 2.27. The number of hydroxylamine groups is 1. The van der Waals surface area contributed by atoms with Gasteiger partial charge in [0.1, 0.15) is 17.8 Å². The molecule has 15 heavy (non-hydrogen) atoms. The maximum Gasteiger partial charge on any atom is 0.138 e. The molecular formula is C9H14N4OS. The molecule has 1 aromatic heterocycles. The van der Waals surface area contributed by atoms with Gasteiger partial charge in [-0.1, -0.05) is 11.8 Å². The maximum atomic E-state index is 5.35. The van der Waals surface area contributed by atoms with Crippen molar-refractivity contribution in [2.24, 2.45) is 7.05 Å². The lowest BCUT2D eigenvalue weighted by molar-refractivity contribution is -0.0126. The first-order valence-corrected chi connectivity index (χ1v) is 5.68. The molecular weight excluding hydrogens is 212 g/mol. The Morgan fingerprint density at radius 1 is 1.60 bits per heavy atom. The van der Waals surface area contributed by atoms with E-state index in [0.29, 0.717) is 0 Å². The van der Waals surface area contributed by atoms with Gasteiger partial charge >= 0.3 is 0 Å². The van der Waals surface area contributed by atoms with Crippen molar-refractivity contribution < 1.29 is 4.84 Å². The van der Waals surface area contributed by atoms with Crippen LogP contribution in [0.15, 0.2) is 17.4 Å². The summed E-state index contributed by atoms with van der Waals surface area (Å²) in [5.41, 5.74) is 2.68. The third-order valence-corrected chi connectivity index (χ3v) is 2.97. The topological polar surface area (TPSA) is 52.0 Å². The first-order chi connectivity index (χ1) is 7.07. The van der Waals surface area contributed by atoms with Crippen molar-refractivity contribution in [2.75, 3.05) is 0 Å². The normalized spacial score (nSPS) is 18.7. The van der Waals surface area contributed by atoms with Crippen LogP contribution in [0.5, 0.6) is 0 Å². The highest BCUT2D eigenvalue weighted by Gasteiger charge is 2.24. The summed E-state index contributed by atoms with van der Waals surface area (Å²) in [4.78, 5) is 9.50. The average molecular weight is 226 g/mol. The standard InChI is InChI=1S/C9H14N4OS/c1-9(2)4-8(12-14-9)15-5-7-10-6-11-13(7)3/h4,6,12H,5H2,1-3H3. The minimum absolute atomic E-state index is 0.220. The molecule has 0 atom stereocenters. The van der Waals surface area contributed by atoms with Crippen molar-refractivity contribution in [3.63, 3.8) is 0 Å². The lowest BCUT2D eigenvalue weighted by Gasteiger charge is -2.11. The summed E-state index contributed by atoms with van der Waals surface area (Å²) in [5, 5.41) is 5.04. The SMILES string of the molecule is Cn1ncnc1CSC1=CC(C)(C)ON1. The van der Waals surface area contributed by atoms with Crippen LogP contribution in [0.2, 0.25) is 0 Å². The molecule has 2 heterocycles. The fraction of sp³-hybridized carbons (Fsp3) is 0.556. The first-order valence-electron chi connectivity index (χ1n) is 4.69. The zero-order valence-corrected chi connectivity index (χ0v) is 9.84. The number of nitrogens with zero attached hydrogens (tertiary/aromatic N) is 3. The Kier molecular flexibility index (Phi) is 2.70. The highest BCUT2D eigenvalue weighted by atomic mass is 32.2. The van der Waals surface area contributed by atoms with E-state index in [4.69, 9.17) is 4.84 Å². The average Bonchev–Trinajstić information content (AvgIpc) is 2.69. The number of hydrogen-bond donors (Lipinski definition) is 1. The molecule has 0 aliphatic carbocycles. The zero-order chi connectivity index (χ0) is 10.9. The van der Waals surface area contributed by atoms with Gasteiger partial charge in [0.05, 0.1) is 10.8 Å². The van der Waals surface area contributed by atoms with Gasteiger partial charge < -0.3 is 0 Å². The largest absolute Gasteiger partial charge is 0.265 e. The number of nitrogens with one attached hydrogen (secondary N) is 1. The van der Waals surface area contributed by atoms with E-state index in [1.807, 2.05) is 20.9 Å². The molecule has 0 spiro atoms. The quantitative estimate of drug-likeness (QED) is 0.839. The van der Waals surface area contributed by atoms with Crippen LogP contribution >= 0.6 is 11.8 Å². The van der Waals surface area contributed by atoms with E-state index < -0.39 is 0 Å². The van der Waals surface area contributed by atoms with Crippen LogP contribution in [-0.2, 0) is 17.6 Å². The fourth-order valence-electron chi connectivity index (χ4n) is 1.22. The van der Waals surface area contributed by atoms with Crippen molar-refractivity contribution in [3.8, 4) is 0 Å².